The molecule has 7 nitrogen and oxygen atoms in total. The molecule has 0 bridgehead atoms. The second kappa shape index (κ2) is 9.21. The van der Waals surface area contributed by atoms with Gasteiger partial charge < -0.3 is 4.74 Å². The molecule has 1 aliphatic rings. The summed E-state index contributed by atoms with van der Waals surface area (Å²) in [6, 6.07) is 14.2. The quantitative estimate of drug-likeness (QED) is 0.404. The lowest BCUT2D eigenvalue weighted by Crippen LogP contribution is -2.23. The number of hydrogen-bond acceptors (Lipinski definition) is 6. The van der Waals surface area contributed by atoms with Gasteiger partial charge in [0.2, 0.25) is 0 Å². The predicted octanol–water partition coefficient (Wildman–Crippen LogP) is 5.58. The number of methoxy groups -OCH3 is 1. The third kappa shape index (κ3) is 5.31. The van der Waals surface area contributed by atoms with Crippen LogP contribution in [0.1, 0.15) is 12.8 Å². The number of benzene rings is 2. The van der Waals surface area contributed by atoms with E-state index in [1.165, 1.54) is 37.4 Å². The summed E-state index contributed by atoms with van der Waals surface area (Å²) in [7, 11) is -7.47. The second-order valence-corrected chi connectivity index (χ2v) is 12.2. The first kappa shape index (κ1) is 25.1. The molecule has 3 aromatic rings. The number of fused-ring (bicyclic) bond motifs is 1. The summed E-state index contributed by atoms with van der Waals surface area (Å²) < 4.78 is 102. The number of halogens is 3. The topological polar surface area (TPSA) is 102 Å². The monoisotopic (exact) mass is 544 g/mol. The largest absolute Gasteiger partial charge is 0.500 e. The van der Waals surface area contributed by atoms with Crippen molar-refractivity contribution in [2.45, 2.75) is 23.2 Å². The van der Waals surface area contributed by atoms with E-state index >= 15 is 0 Å². The number of ether oxygens (including phenoxy) is 1. The normalized spacial score (nSPS) is 15.1. The van der Waals surface area contributed by atoms with Crippen LogP contribution in [0.2, 0.25) is 0 Å². The van der Waals surface area contributed by atoms with Crippen molar-refractivity contribution in [3.8, 4) is 0 Å². The zero-order valence-electron chi connectivity index (χ0n) is 18.1. The number of para-hydroxylation sites is 2. The fourth-order valence-corrected chi connectivity index (χ4v) is 7.32. The van der Waals surface area contributed by atoms with Crippen molar-refractivity contribution in [3.05, 3.63) is 76.9 Å². The number of thiophene rings is 1. The van der Waals surface area contributed by atoms with E-state index in [1.807, 2.05) is 0 Å². The van der Waals surface area contributed by atoms with Gasteiger partial charge in [-0.1, -0.05) is 30.3 Å². The van der Waals surface area contributed by atoms with E-state index in [0.717, 1.165) is 21.4 Å². The average molecular weight is 545 g/mol. The molecule has 0 aliphatic heterocycles. The highest BCUT2D eigenvalue weighted by Crippen LogP contribution is 2.38. The number of hydrogen-bond donors (Lipinski definition) is 2. The van der Waals surface area contributed by atoms with Gasteiger partial charge >= 0.3 is 6.18 Å². The molecule has 0 saturated carbocycles. The average Bonchev–Trinajstić information content (AvgIpc) is 3.24. The maximum Gasteiger partial charge on any atom is 0.412 e. The van der Waals surface area contributed by atoms with Crippen molar-refractivity contribution < 1.29 is 34.7 Å². The first-order valence-corrected chi connectivity index (χ1v) is 13.9. The number of allylic oxidation sites excluding steroid dienone is 3. The zero-order valence-corrected chi connectivity index (χ0v) is 20.5. The van der Waals surface area contributed by atoms with Gasteiger partial charge in [-0.25, -0.2) is 16.8 Å². The van der Waals surface area contributed by atoms with E-state index in [9.17, 15) is 30.0 Å². The van der Waals surface area contributed by atoms with Crippen LogP contribution in [0.15, 0.2) is 81.1 Å². The van der Waals surface area contributed by atoms with Crippen LogP contribution in [0.4, 0.5) is 24.5 Å². The van der Waals surface area contributed by atoms with Gasteiger partial charge in [-0.3, -0.25) is 9.44 Å². The molecule has 0 radical (unpaired) electrons. The highest BCUT2D eigenvalue weighted by molar-refractivity contribution is 7.96. The number of rotatable bonds is 7. The lowest BCUT2D eigenvalue weighted by atomic mass is 10.0. The molecule has 0 unspecified atom stereocenters. The molecule has 0 fully saturated rings. The summed E-state index contributed by atoms with van der Waals surface area (Å²) in [6.07, 6.45) is -4.83. The molecular weight excluding hydrogens is 525 g/mol. The van der Waals surface area contributed by atoms with Gasteiger partial charge in [0.25, 0.3) is 20.0 Å². The number of sulfonamides is 2. The molecule has 0 spiro atoms. The van der Waals surface area contributed by atoms with Gasteiger partial charge in [-0.05, 0) is 42.1 Å². The molecule has 2 aromatic carbocycles. The number of alkyl halides is 3. The molecule has 13 heteroatoms. The minimum absolute atomic E-state index is 0.0192. The van der Waals surface area contributed by atoms with Crippen LogP contribution in [-0.4, -0.2) is 30.1 Å². The SMILES string of the molecule is COC1=C(S(=O)(=O)Nc2ccccc2NS(=O)(=O)c2cc3ccccc3s2)C=C(C(F)(F)F)CC1. The minimum Gasteiger partial charge on any atom is -0.500 e. The van der Waals surface area contributed by atoms with Crippen LogP contribution in [-0.2, 0) is 24.8 Å². The van der Waals surface area contributed by atoms with Crippen LogP contribution in [0, 0.1) is 0 Å². The van der Waals surface area contributed by atoms with Gasteiger partial charge in [0.15, 0.2) is 0 Å². The molecule has 1 heterocycles. The van der Waals surface area contributed by atoms with Crippen molar-refractivity contribution in [1.29, 1.82) is 0 Å². The standard InChI is InChI=1S/C22H19F3N2O5S3/c1-32-18-11-10-15(22(23,24)25)13-20(18)34(28,29)26-16-7-3-4-8-17(16)27-35(30,31)21-12-14-6-2-5-9-19(14)33-21/h2-9,12-13,26-27H,10-11H2,1H3. The Bertz CT molecular complexity index is 1520. The Labute approximate surface area is 204 Å². The molecule has 186 valence electrons. The predicted molar refractivity (Wildman–Crippen MR) is 129 cm³/mol. The summed E-state index contributed by atoms with van der Waals surface area (Å²) in [5.41, 5.74) is -1.26. The van der Waals surface area contributed by atoms with Crippen molar-refractivity contribution in [2.24, 2.45) is 0 Å². The van der Waals surface area contributed by atoms with E-state index in [4.69, 9.17) is 4.74 Å². The molecule has 0 amide bonds. The van der Waals surface area contributed by atoms with Gasteiger partial charge in [-0.2, -0.15) is 13.2 Å². The maximum atomic E-state index is 13.2. The second-order valence-electron chi connectivity index (χ2n) is 7.52. The highest BCUT2D eigenvalue weighted by Gasteiger charge is 2.38. The Morgan fingerprint density at radius 2 is 1.49 bits per heavy atom. The number of anilines is 2. The summed E-state index contributed by atoms with van der Waals surface area (Å²) in [6.45, 7) is 0. The Morgan fingerprint density at radius 3 is 2.09 bits per heavy atom. The summed E-state index contributed by atoms with van der Waals surface area (Å²) in [5.74, 6) is -0.131. The first-order valence-electron chi connectivity index (χ1n) is 10.1. The van der Waals surface area contributed by atoms with Crippen LogP contribution in [0.3, 0.4) is 0 Å². The van der Waals surface area contributed by atoms with Gasteiger partial charge in [0.1, 0.15) is 14.9 Å². The fourth-order valence-electron chi connectivity index (χ4n) is 3.48. The molecule has 1 aromatic heterocycles. The third-order valence-electron chi connectivity index (χ3n) is 5.19. The zero-order chi connectivity index (χ0) is 25.4. The summed E-state index contributed by atoms with van der Waals surface area (Å²) >= 11 is 1.04. The van der Waals surface area contributed by atoms with E-state index < -0.39 is 43.1 Å². The smallest absolute Gasteiger partial charge is 0.412 e. The van der Waals surface area contributed by atoms with Crippen molar-refractivity contribution in [1.82, 2.24) is 0 Å². The van der Waals surface area contributed by atoms with Crippen LogP contribution in [0.25, 0.3) is 10.1 Å². The van der Waals surface area contributed by atoms with E-state index in [-0.39, 0.29) is 27.8 Å². The van der Waals surface area contributed by atoms with Crippen molar-refractivity contribution in [2.75, 3.05) is 16.6 Å². The molecular formula is C22H19F3N2O5S3. The maximum absolute atomic E-state index is 13.2. The molecule has 2 N–H and O–H groups in total. The molecule has 4 rings (SSSR count). The van der Waals surface area contributed by atoms with Crippen molar-refractivity contribution >= 4 is 52.8 Å². The molecule has 1 aliphatic carbocycles. The summed E-state index contributed by atoms with van der Waals surface area (Å²) in [5, 5.41) is 0.732. The van der Waals surface area contributed by atoms with Crippen LogP contribution in [0.5, 0.6) is 0 Å². The van der Waals surface area contributed by atoms with Gasteiger partial charge in [0, 0.05) is 16.7 Å². The third-order valence-corrected chi connectivity index (χ3v) is 9.55. The van der Waals surface area contributed by atoms with E-state index in [2.05, 4.69) is 9.44 Å². The van der Waals surface area contributed by atoms with Crippen LogP contribution < -0.4 is 9.44 Å². The van der Waals surface area contributed by atoms with Gasteiger partial charge in [0.05, 0.1) is 18.5 Å². The Kier molecular flexibility index (Phi) is 6.60. The lowest BCUT2D eigenvalue weighted by Gasteiger charge is -2.22. The Hall–Kier alpha value is -3.03. The summed E-state index contributed by atoms with van der Waals surface area (Å²) in [4.78, 5) is -0.666. The minimum atomic E-state index is -4.70. The lowest BCUT2D eigenvalue weighted by molar-refractivity contribution is -0.0944. The first-order chi connectivity index (χ1) is 16.4. The number of nitrogens with one attached hydrogen (secondary N) is 2. The van der Waals surface area contributed by atoms with Gasteiger partial charge in [-0.15, -0.1) is 11.3 Å². The van der Waals surface area contributed by atoms with Crippen molar-refractivity contribution in [3.63, 3.8) is 0 Å². The van der Waals surface area contributed by atoms with E-state index in [0.29, 0.717) is 6.08 Å². The Balaban J connectivity index is 1.67. The fraction of sp³-hybridized carbons (Fsp3) is 0.182. The molecule has 35 heavy (non-hydrogen) atoms. The molecule has 0 atom stereocenters. The Morgan fingerprint density at radius 1 is 0.886 bits per heavy atom. The van der Waals surface area contributed by atoms with Crippen LogP contribution >= 0.6 is 11.3 Å². The highest BCUT2D eigenvalue weighted by atomic mass is 32.2. The van der Waals surface area contributed by atoms with E-state index in [1.54, 1.807) is 24.3 Å². The molecule has 0 saturated heterocycles.